The van der Waals surface area contributed by atoms with E-state index in [0.29, 0.717) is 11.2 Å². The second-order valence-electron chi connectivity index (χ2n) is 6.58. The summed E-state index contributed by atoms with van der Waals surface area (Å²) in [6.45, 7) is 6.16. The van der Waals surface area contributed by atoms with Crippen molar-refractivity contribution >= 4 is 39.7 Å². The average Bonchev–Trinajstić information content (AvgIpc) is 2.92. The number of nitrogens with zero attached hydrogens (tertiary/aromatic N) is 3. The normalized spacial score (nSPS) is 16.1. The zero-order valence-electron chi connectivity index (χ0n) is 14.6. The second-order valence-corrected chi connectivity index (χ2v) is 6.97. The Kier molecular flexibility index (Phi) is 3.88. The number of aromatic nitrogens is 2. The molecule has 1 aliphatic rings. The minimum Gasteiger partial charge on any atom is -0.332 e. The smallest absolute Gasteiger partial charge is 0.178 e. The van der Waals surface area contributed by atoms with Crippen molar-refractivity contribution in [1.29, 1.82) is 0 Å². The Bertz CT molecular complexity index is 983. The maximum Gasteiger partial charge on any atom is 0.178 e. The highest BCUT2D eigenvalue weighted by Gasteiger charge is 2.28. The standard InChI is InChI=1S/C20H20N4S/c1-12-10-15-6-4-5-7-19(15)24(12)20(25)23-16-8-9-17-18(11-16)22-14(3)13(2)21-17/h4-9,11-12H,10H2,1-3H3,(H,23,25). The molecule has 5 heteroatoms. The molecule has 2 aromatic carbocycles. The molecule has 126 valence electrons. The fraction of sp³-hybridized carbons (Fsp3) is 0.250. The lowest BCUT2D eigenvalue weighted by atomic mass is 10.1. The molecule has 0 fully saturated rings. The van der Waals surface area contributed by atoms with Gasteiger partial charge in [-0.15, -0.1) is 0 Å². The summed E-state index contributed by atoms with van der Waals surface area (Å²) in [5, 5.41) is 4.09. The van der Waals surface area contributed by atoms with Crippen LogP contribution in [0.5, 0.6) is 0 Å². The van der Waals surface area contributed by atoms with E-state index in [-0.39, 0.29) is 0 Å². The predicted octanol–water partition coefficient (Wildman–Crippen LogP) is 4.39. The molecule has 1 unspecified atom stereocenters. The van der Waals surface area contributed by atoms with Gasteiger partial charge in [-0.05, 0) is 69.2 Å². The molecule has 0 amide bonds. The van der Waals surface area contributed by atoms with Gasteiger partial charge in [0.1, 0.15) is 0 Å². The van der Waals surface area contributed by atoms with Crippen molar-refractivity contribution in [2.45, 2.75) is 33.2 Å². The maximum absolute atomic E-state index is 5.70. The first kappa shape index (κ1) is 16.0. The second kappa shape index (κ2) is 6.08. The van der Waals surface area contributed by atoms with Gasteiger partial charge in [-0.2, -0.15) is 0 Å². The number of hydrogen-bond donors (Lipinski definition) is 1. The molecule has 0 spiro atoms. The molecule has 4 nitrogen and oxygen atoms in total. The number of thiocarbonyl (C=S) groups is 1. The number of hydrogen-bond acceptors (Lipinski definition) is 3. The maximum atomic E-state index is 5.70. The topological polar surface area (TPSA) is 41.1 Å². The molecular formula is C20H20N4S. The summed E-state index contributed by atoms with van der Waals surface area (Å²) < 4.78 is 0. The Hall–Kier alpha value is -2.53. The van der Waals surface area contributed by atoms with E-state index in [2.05, 4.69) is 51.4 Å². The minimum absolute atomic E-state index is 0.350. The highest BCUT2D eigenvalue weighted by atomic mass is 32.1. The molecule has 3 aromatic rings. The number of nitrogens with one attached hydrogen (secondary N) is 1. The average molecular weight is 348 g/mol. The van der Waals surface area contributed by atoms with Crippen LogP contribution in [0.25, 0.3) is 11.0 Å². The zero-order valence-corrected chi connectivity index (χ0v) is 15.4. The molecular weight excluding hydrogens is 328 g/mol. The third-order valence-electron chi connectivity index (χ3n) is 4.75. The summed E-state index contributed by atoms with van der Waals surface area (Å²) in [5.74, 6) is 0. The van der Waals surface area contributed by atoms with Crippen LogP contribution >= 0.6 is 12.2 Å². The van der Waals surface area contributed by atoms with Gasteiger partial charge in [0.2, 0.25) is 0 Å². The van der Waals surface area contributed by atoms with Gasteiger partial charge in [-0.1, -0.05) is 18.2 Å². The van der Waals surface area contributed by atoms with Gasteiger partial charge >= 0.3 is 0 Å². The summed E-state index contributed by atoms with van der Waals surface area (Å²) in [7, 11) is 0. The van der Waals surface area contributed by atoms with E-state index >= 15 is 0 Å². The van der Waals surface area contributed by atoms with Crippen LogP contribution in [0.1, 0.15) is 23.9 Å². The van der Waals surface area contributed by atoms with Crippen LogP contribution in [0.4, 0.5) is 11.4 Å². The predicted molar refractivity (Wildman–Crippen MR) is 107 cm³/mol. The fourth-order valence-corrected chi connectivity index (χ4v) is 3.76. The summed E-state index contributed by atoms with van der Waals surface area (Å²) >= 11 is 5.70. The molecule has 1 aromatic heterocycles. The Morgan fingerprint density at radius 3 is 2.60 bits per heavy atom. The van der Waals surface area contributed by atoms with Crippen LogP contribution in [0.15, 0.2) is 42.5 Å². The summed E-state index contributed by atoms with van der Waals surface area (Å²) in [6, 6.07) is 14.8. The highest BCUT2D eigenvalue weighted by molar-refractivity contribution is 7.80. The molecule has 0 saturated carbocycles. The fourth-order valence-electron chi connectivity index (χ4n) is 3.37. The minimum atomic E-state index is 0.350. The number of anilines is 2. The van der Waals surface area contributed by atoms with Crippen molar-refractivity contribution in [3.63, 3.8) is 0 Å². The van der Waals surface area contributed by atoms with Gasteiger partial charge < -0.3 is 10.2 Å². The molecule has 2 heterocycles. The van der Waals surface area contributed by atoms with Crippen molar-refractivity contribution in [3.8, 4) is 0 Å². The SMILES string of the molecule is Cc1nc2ccc(NC(=S)N3c4ccccc4CC3C)cc2nc1C. The molecule has 1 N–H and O–H groups in total. The van der Waals surface area contributed by atoms with Crippen LogP contribution in [-0.4, -0.2) is 21.1 Å². The third kappa shape index (κ3) is 2.85. The Labute approximate surface area is 152 Å². The molecule has 0 bridgehead atoms. The third-order valence-corrected chi connectivity index (χ3v) is 5.05. The van der Waals surface area contributed by atoms with Crippen molar-refractivity contribution in [3.05, 3.63) is 59.4 Å². The lowest BCUT2D eigenvalue weighted by Crippen LogP contribution is -2.38. The van der Waals surface area contributed by atoms with Gasteiger partial charge in [0.25, 0.3) is 0 Å². The molecule has 1 atom stereocenters. The first-order valence-electron chi connectivity index (χ1n) is 8.46. The number of rotatable bonds is 1. The summed E-state index contributed by atoms with van der Waals surface area (Å²) in [5.41, 5.74) is 7.17. The van der Waals surface area contributed by atoms with Gasteiger partial charge in [0.05, 0.1) is 22.4 Å². The van der Waals surface area contributed by atoms with E-state index in [9.17, 15) is 0 Å². The van der Waals surface area contributed by atoms with Crippen LogP contribution in [-0.2, 0) is 6.42 Å². The van der Waals surface area contributed by atoms with E-state index in [0.717, 1.165) is 34.5 Å². The van der Waals surface area contributed by atoms with E-state index in [1.165, 1.54) is 11.3 Å². The number of para-hydroxylation sites is 1. The lowest BCUT2D eigenvalue weighted by Gasteiger charge is -2.26. The Morgan fingerprint density at radius 2 is 1.80 bits per heavy atom. The van der Waals surface area contributed by atoms with E-state index in [1.807, 2.05) is 32.0 Å². The molecule has 25 heavy (non-hydrogen) atoms. The first-order chi connectivity index (χ1) is 12.0. The van der Waals surface area contributed by atoms with Gasteiger partial charge in [-0.25, -0.2) is 9.97 Å². The van der Waals surface area contributed by atoms with Gasteiger partial charge in [0, 0.05) is 17.4 Å². The monoisotopic (exact) mass is 348 g/mol. The molecule has 0 radical (unpaired) electrons. The first-order valence-corrected chi connectivity index (χ1v) is 8.87. The molecule has 1 aliphatic heterocycles. The quantitative estimate of drug-likeness (QED) is 0.660. The van der Waals surface area contributed by atoms with Crippen molar-refractivity contribution in [1.82, 2.24) is 9.97 Å². The van der Waals surface area contributed by atoms with Crippen molar-refractivity contribution < 1.29 is 0 Å². The number of fused-ring (bicyclic) bond motifs is 2. The van der Waals surface area contributed by atoms with Gasteiger partial charge in [0.15, 0.2) is 5.11 Å². The highest BCUT2D eigenvalue weighted by Crippen LogP contribution is 2.32. The van der Waals surface area contributed by atoms with Crippen molar-refractivity contribution in [2.75, 3.05) is 10.2 Å². The van der Waals surface area contributed by atoms with Crippen LogP contribution < -0.4 is 10.2 Å². The van der Waals surface area contributed by atoms with E-state index < -0.39 is 0 Å². The largest absolute Gasteiger partial charge is 0.332 e. The van der Waals surface area contributed by atoms with Gasteiger partial charge in [-0.3, -0.25) is 0 Å². The summed E-state index contributed by atoms with van der Waals surface area (Å²) in [4.78, 5) is 11.4. The van der Waals surface area contributed by atoms with Crippen LogP contribution in [0, 0.1) is 13.8 Å². The van der Waals surface area contributed by atoms with Crippen LogP contribution in [0.2, 0.25) is 0 Å². The van der Waals surface area contributed by atoms with E-state index in [4.69, 9.17) is 12.2 Å². The van der Waals surface area contributed by atoms with Crippen molar-refractivity contribution in [2.24, 2.45) is 0 Å². The Balaban J connectivity index is 1.63. The molecule has 0 aliphatic carbocycles. The summed E-state index contributed by atoms with van der Waals surface area (Å²) in [6.07, 6.45) is 1.01. The zero-order chi connectivity index (χ0) is 17.6. The Morgan fingerprint density at radius 1 is 1.08 bits per heavy atom. The number of benzene rings is 2. The number of aryl methyl sites for hydroxylation is 2. The molecule has 0 saturated heterocycles. The van der Waals surface area contributed by atoms with Crippen LogP contribution in [0.3, 0.4) is 0 Å². The lowest BCUT2D eigenvalue weighted by molar-refractivity contribution is 0.776. The van der Waals surface area contributed by atoms with E-state index in [1.54, 1.807) is 0 Å². The molecule has 4 rings (SSSR count).